The number of carbonyl (C=O) groups excluding carboxylic acids is 2. The maximum absolute atomic E-state index is 12.2. The Balaban J connectivity index is 1.37. The Morgan fingerprint density at radius 1 is 1.11 bits per heavy atom. The molecule has 0 saturated heterocycles. The third-order valence-electron chi connectivity index (χ3n) is 4.40. The Labute approximate surface area is 156 Å². The SMILES string of the molecule is O=C(CC1=CC(O[C@@H]2C=CC=CO2)CC1=O)Oc1ccc2ccccc2c1. The predicted molar refractivity (Wildman–Crippen MR) is 99.9 cm³/mol. The van der Waals surface area contributed by atoms with Crippen molar-refractivity contribution in [3.8, 4) is 5.75 Å². The summed E-state index contributed by atoms with van der Waals surface area (Å²) in [5.74, 6) is -0.113. The Morgan fingerprint density at radius 3 is 2.78 bits per heavy atom. The van der Waals surface area contributed by atoms with E-state index in [-0.39, 0.29) is 18.6 Å². The average Bonchev–Trinajstić information content (AvgIpc) is 3.01. The van der Waals surface area contributed by atoms with Crippen molar-refractivity contribution in [3.05, 3.63) is 78.6 Å². The van der Waals surface area contributed by atoms with E-state index in [4.69, 9.17) is 14.2 Å². The summed E-state index contributed by atoms with van der Waals surface area (Å²) in [5.41, 5.74) is 0.418. The normalized spacial score (nSPS) is 21.2. The molecule has 27 heavy (non-hydrogen) atoms. The summed E-state index contributed by atoms with van der Waals surface area (Å²) < 4.78 is 16.4. The van der Waals surface area contributed by atoms with E-state index in [0.29, 0.717) is 11.3 Å². The molecule has 5 heteroatoms. The summed E-state index contributed by atoms with van der Waals surface area (Å²) in [5, 5.41) is 2.06. The highest BCUT2D eigenvalue weighted by Crippen LogP contribution is 2.25. The second-order valence-corrected chi connectivity index (χ2v) is 6.37. The van der Waals surface area contributed by atoms with Gasteiger partial charge in [-0.15, -0.1) is 0 Å². The zero-order valence-electron chi connectivity index (χ0n) is 14.5. The number of hydrogen-bond donors (Lipinski definition) is 0. The minimum atomic E-state index is -0.520. The maximum atomic E-state index is 12.2. The van der Waals surface area contributed by atoms with Crippen LogP contribution in [0.25, 0.3) is 10.8 Å². The largest absolute Gasteiger partial charge is 0.469 e. The van der Waals surface area contributed by atoms with Gasteiger partial charge in [-0.25, -0.2) is 0 Å². The van der Waals surface area contributed by atoms with Crippen LogP contribution in [0, 0.1) is 0 Å². The molecule has 0 saturated carbocycles. The predicted octanol–water partition coefficient (Wildman–Crippen LogP) is 3.85. The minimum Gasteiger partial charge on any atom is -0.469 e. The van der Waals surface area contributed by atoms with Crippen LogP contribution in [0.4, 0.5) is 0 Å². The Morgan fingerprint density at radius 2 is 1.96 bits per heavy atom. The topological polar surface area (TPSA) is 61.8 Å². The van der Waals surface area contributed by atoms with Crippen molar-refractivity contribution in [2.45, 2.75) is 25.2 Å². The summed E-state index contributed by atoms with van der Waals surface area (Å²) in [6.45, 7) is 0. The Kier molecular flexibility index (Phi) is 4.85. The van der Waals surface area contributed by atoms with E-state index in [9.17, 15) is 9.59 Å². The summed E-state index contributed by atoms with van der Waals surface area (Å²) in [6, 6.07) is 13.3. The molecule has 1 aliphatic carbocycles. The average molecular weight is 362 g/mol. The van der Waals surface area contributed by atoms with Gasteiger partial charge in [0.2, 0.25) is 6.29 Å². The van der Waals surface area contributed by atoms with Crippen molar-refractivity contribution in [2.24, 2.45) is 0 Å². The van der Waals surface area contributed by atoms with E-state index in [1.54, 1.807) is 24.3 Å². The third-order valence-corrected chi connectivity index (χ3v) is 4.40. The lowest BCUT2D eigenvalue weighted by atomic mass is 10.1. The fourth-order valence-corrected chi connectivity index (χ4v) is 3.11. The van der Waals surface area contributed by atoms with Crippen molar-refractivity contribution in [2.75, 3.05) is 0 Å². The minimum absolute atomic E-state index is 0.0766. The zero-order valence-corrected chi connectivity index (χ0v) is 14.5. The molecule has 1 heterocycles. The van der Waals surface area contributed by atoms with Gasteiger partial charge in [0.25, 0.3) is 0 Å². The lowest BCUT2D eigenvalue weighted by Gasteiger charge is -2.18. The van der Waals surface area contributed by atoms with Crippen LogP contribution in [0.3, 0.4) is 0 Å². The standard InChI is InChI=1S/C22H18O5/c23-20-14-19(27-22-7-3-4-10-25-22)12-17(20)13-21(24)26-18-9-8-15-5-1-2-6-16(15)11-18/h1-12,19,22H,13-14H2/t19?,22-/m1/s1. The fourth-order valence-electron chi connectivity index (χ4n) is 3.11. The van der Waals surface area contributed by atoms with E-state index in [2.05, 4.69) is 0 Å². The van der Waals surface area contributed by atoms with Crippen molar-refractivity contribution < 1.29 is 23.8 Å². The first-order valence-corrected chi connectivity index (χ1v) is 8.75. The molecular formula is C22H18O5. The van der Waals surface area contributed by atoms with Crippen molar-refractivity contribution in [1.29, 1.82) is 0 Å². The van der Waals surface area contributed by atoms with Gasteiger partial charge >= 0.3 is 5.97 Å². The molecule has 1 unspecified atom stereocenters. The van der Waals surface area contributed by atoms with Crippen LogP contribution in [0.5, 0.6) is 5.75 Å². The number of Topliss-reactive ketones (excluding diaryl/α,β-unsaturated/α-hetero) is 1. The van der Waals surface area contributed by atoms with Gasteiger partial charge in [0.05, 0.1) is 18.8 Å². The Hall–Kier alpha value is -3.18. The van der Waals surface area contributed by atoms with Crippen LogP contribution in [0.2, 0.25) is 0 Å². The second-order valence-electron chi connectivity index (χ2n) is 6.37. The fraction of sp³-hybridized carbons (Fsp3) is 0.182. The molecule has 5 nitrogen and oxygen atoms in total. The molecule has 2 atom stereocenters. The van der Waals surface area contributed by atoms with E-state index in [1.165, 1.54) is 6.26 Å². The van der Waals surface area contributed by atoms with E-state index < -0.39 is 18.4 Å². The molecule has 0 aromatic heterocycles. The number of allylic oxidation sites excluding steroid dienone is 2. The highest BCUT2D eigenvalue weighted by Gasteiger charge is 2.28. The highest BCUT2D eigenvalue weighted by molar-refractivity contribution is 6.02. The number of carbonyl (C=O) groups is 2. The highest BCUT2D eigenvalue weighted by atomic mass is 16.7. The summed E-state index contributed by atoms with van der Waals surface area (Å²) in [6.07, 6.45) is 7.75. The third kappa shape index (κ3) is 4.15. The van der Waals surface area contributed by atoms with Gasteiger partial charge in [-0.3, -0.25) is 9.59 Å². The van der Waals surface area contributed by atoms with E-state index in [1.807, 2.05) is 42.5 Å². The van der Waals surface area contributed by atoms with Crippen LogP contribution >= 0.6 is 0 Å². The molecule has 0 bridgehead atoms. The van der Waals surface area contributed by atoms with Gasteiger partial charge in [-0.1, -0.05) is 36.4 Å². The molecule has 1 aliphatic heterocycles. The maximum Gasteiger partial charge on any atom is 0.315 e. The Bertz CT molecular complexity index is 970. The molecule has 0 spiro atoms. The number of rotatable bonds is 5. The van der Waals surface area contributed by atoms with Crippen molar-refractivity contribution in [3.63, 3.8) is 0 Å². The monoisotopic (exact) mass is 362 g/mol. The molecule has 0 fully saturated rings. The van der Waals surface area contributed by atoms with Crippen molar-refractivity contribution in [1.82, 2.24) is 0 Å². The lowest BCUT2D eigenvalue weighted by molar-refractivity contribution is -0.134. The molecule has 0 N–H and O–H groups in total. The molecule has 0 amide bonds. The first kappa shape index (κ1) is 17.2. The molecule has 2 aromatic rings. The molecule has 2 aliphatic rings. The second kappa shape index (κ2) is 7.60. The van der Waals surface area contributed by atoms with Gasteiger partial charge in [0.15, 0.2) is 5.78 Å². The first-order chi connectivity index (χ1) is 13.2. The molecular weight excluding hydrogens is 344 g/mol. The van der Waals surface area contributed by atoms with Crippen LogP contribution in [-0.2, 0) is 19.1 Å². The smallest absolute Gasteiger partial charge is 0.315 e. The van der Waals surface area contributed by atoms with Gasteiger partial charge in [0, 0.05) is 12.0 Å². The first-order valence-electron chi connectivity index (χ1n) is 8.75. The van der Waals surface area contributed by atoms with Crippen molar-refractivity contribution >= 4 is 22.5 Å². The number of hydrogen-bond acceptors (Lipinski definition) is 5. The van der Waals surface area contributed by atoms with Crippen LogP contribution in [0.1, 0.15) is 12.8 Å². The molecule has 136 valence electrons. The van der Waals surface area contributed by atoms with E-state index in [0.717, 1.165) is 10.8 Å². The molecule has 0 radical (unpaired) electrons. The van der Waals surface area contributed by atoms with Crippen LogP contribution in [-0.4, -0.2) is 24.1 Å². The number of fused-ring (bicyclic) bond motifs is 1. The quantitative estimate of drug-likeness (QED) is 0.597. The van der Waals surface area contributed by atoms with Crippen LogP contribution < -0.4 is 4.74 Å². The van der Waals surface area contributed by atoms with Gasteiger partial charge < -0.3 is 14.2 Å². The summed E-state index contributed by atoms with van der Waals surface area (Å²) >= 11 is 0. The van der Waals surface area contributed by atoms with Crippen LogP contribution in [0.15, 0.2) is 78.6 Å². The number of benzene rings is 2. The zero-order chi connectivity index (χ0) is 18.6. The number of esters is 1. The van der Waals surface area contributed by atoms with Gasteiger partial charge in [-0.2, -0.15) is 0 Å². The molecule has 2 aromatic carbocycles. The summed E-state index contributed by atoms with van der Waals surface area (Å²) in [7, 11) is 0. The number of ether oxygens (including phenoxy) is 3. The number of ketones is 1. The lowest BCUT2D eigenvalue weighted by Crippen LogP contribution is -2.20. The van der Waals surface area contributed by atoms with Gasteiger partial charge in [0.1, 0.15) is 5.75 Å². The van der Waals surface area contributed by atoms with Gasteiger partial charge in [-0.05, 0) is 41.1 Å². The van der Waals surface area contributed by atoms with E-state index >= 15 is 0 Å². The summed E-state index contributed by atoms with van der Waals surface area (Å²) in [4.78, 5) is 24.4. The molecule has 4 rings (SSSR count).